The number of carbonyl (C=O) groups is 1. The Balaban J connectivity index is 2.01. The molecule has 0 radical (unpaired) electrons. The zero-order valence-electron chi connectivity index (χ0n) is 12.5. The van der Waals surface area contributed by atoms with Crippen LogP contribution in [0.15, 0.2) is 40.9 Å². The van der Waals surface area contributed by atoms with Crippen LogP contribution in [0.4, 0.5) is 0 Å². The number of imidazole rings is 1. The molecule has 2 aromatic carbocycles. The first-order chi connectivity index (χ1) is 11.1. The number of halogens is 1. The zero-order chi connectivity index (χ0) is 16.4. The molecule has 0 bridgehead atoms. The number of carboxylic acid groups (broad SMARTS) is 1. The minimum atomic E-state index is -0.881. The molecular weight excluding hydrogens is 360 g/mol. The number of hydrogen-bond acceptors (Lipinski definition) is 3. The molecule has 0 spiro atoms. The molecule has 0 unspecified atom stereocenters. The van der Waals surface area contributed by atoms with Gasteiger partial charge in [-0.1, -0.05) is 34.1 Å². The van der Waals surface area contributed by atoms with Gasteiger partial charge in [-0.25, -0.2) is 4.98 Å². The lowest BCUT2D eigenvalue weighted by Gasteiger charge is -2.03. The largest absolute Gasteiger partial charge is 0.494 e. The van der Waals surface area contributed by atoms with Gasteiger partial charge in [-0.3, -0.25) is 4.79 Å². The van der Waals surface area contributed by atoms with Crippen molar-refractivity contribution >= 4 is 32.9 Å². The normalized spacial score (nSPS) is 10.9. The number of nitrogens with zero attached hydrogens (tertiary/aromatic N) is 1. The molecule has 0 saturated heterocycles. The third-order valence-corrected chi connectivity index (χ3v) is 4.11. The maximum atomic E-state index is 11.0. The van der Waals surface area contributed by atoms with Gasteiger partial charge in [0.1, 0.15) is 17.1 Å². The summed E-state index contributed by atoms with van der Waals surface area (Å²) < 4.78 is 6.37. The number of aromatic nitrogens is 2. The lowest BCUT2D eigenvalue weighted by atomic mass is 10.1. The monoisotopic (exact) mass is 374 g/mol. The number of fused-ring (bicyclic) bond motifs is 1. The second-order valence-electron chi connectivity index (χ2n) is 5.21. The Kier molecular flexibility index (Phi) is 4.34. The van der Waals surface area contributed by atoms with Crippen LogP contribution in [-0.2, 0) is 17.6 Å². The predicted molar refractivity (Wildman–Crippen MR) is 90.9 cm³/mol. The molecule has 0 fully saturated rings. The van der Waals surface area contributed by atoms with Crippen molar-refractivity contribution in [3.05, 3.63) is 57.8 Å². The molecule has 118 valence electrons. The number of ether oxygens (including phenoxy) is 1. The van der Waals surface area contributed by atoms with Crippen LogP contribution in [0.2, 0.25) is 0 Å². The van der Waals surface area contributed by atoms with E-state index >= 15 is 0 Å². The van der Waals surface area contributed by atoms with E-state index in [-0.39, 0.29) is 6.42 Å². The Labute approximate surface area is 141 Å². The van der Waals surface area contributed by atoms with Crippen molar-refractivity contribution < 1.29 is 14.6 Å². The van der Waals surface area contributed by atoms with Crippen LogP contribution >= 0.6 is 15.9 Å². The van der Waals surface area contributed by atoms with E-state index in [1.54, 1.807) is 19.2 Å². The highest BCUT2D eigenvalue weighted by atomic mass is 79.9. The van der Waals surface area contributed by atoms with Crippen molar-refractivity contribution in [2.75, 3.05) is 7.11 Å². The molecule has 0 atom stereocenters. The molecule has 6 heteroatoms. The van der Waals surface area contributed by atoms with Crippen molar-refractivity contribution in [2.45, 2.75) is 12.8 Å². The van der Waals surface area contributed by atoms with Gasteiger partial charge in [0, 0.05) is 10.9 Å². The van der Waals surface area contributed by atoms with Gasteiger partial charge in [0.2, 0.25) is 0 Å². The zero-order valence-corrected chi connectivity index (χ0v) is 14.1. The molecule has 5 nitrogen and oxygen atoms in total. The number of carboxylic acids is 1. The van der Waals surface area contributed by atoms with Gasteiger partial charge < -0.3 is 14.8 Å². The number of rotatable bonds is 5. The van der Waals surface area contributed by atoms with Gasteiger partial charge in [-0.05, 0) is 29.3 Å². The molecule has 0 aliphatic rings. The fourth-order valence-electron chi connectivity index (χ4n) is 2.53. The second kappa shape index (κ2) is 6.42. The first-order valence-corrected chi connectivity index (χ1v) is 7.87. The SMILES string of the molecule is COc1ccc(CC(=O)O)c2nc(Cc3ccc(Br)cc3)[nH]c12. The van der Waals surface area contributed by atoms with Crippen molar-refractivity contribution in [3.8, 4) is 5.75 Å². The predicted octanol–water partition coefficient (Wildman–Crippen LogP) is 3.55. The number of aromatic amines is 1. The number of aliphatic carboxylic acids is 1. The van der Waals surface area contributed by atoms with E-state index in [1.165, 1.54) is 0 Å². The van der Waals surface area contributed by atoms with Gasteiger partial charge >= 0.3 is 5.97 Å². The minimum Gasteiger partial charge on any atom is -0.494 e. The summed E-state index contributed by atoms with van der Waals surface area (Å²) in [5, 5.41) is 9.05. The highest BCUT2D eigenvalue weighted by molar-refractivity contribution is 9.10. The second-order valence-corrected chi connectivity index (χ2v) is 6.12. The summed E-state index contributed by atoms with van der Waals surface area (Å²) in [6, 6.07) is 11.5. The van der Waals surface area contributed by atoms with E-state index in [9.17, 15) is 4.79 Å². The van der Waals surface area contributed by atoms with Crippen LogP contribution in [0.5, 0.6) is 5.75 Å². The molecule has 3 rings (SSSR count). The highest BCUT2D eigenvalue weighted by Gasteiger charge is 2.14. The Morgan fingerprint density at radius 2 is 2.00 bits per heavy atom. The summed E-state index contributed by atoms with van der Waals surface area (Å²) in [7, 11) is 1.58. The maximum absolute atomic E-state index is 11.0. The molecule has 1 heterocycles. The average molecular weight is 375 g/mol. The van der Waals surface area contributed by atoms with Gasteiger partial charge in [-0.15, -0.1) is 0 Å². The smallest absolute Gasteiger partial charge is 0.307 e. The van der Waals surface area contributed by atoms with Gasteiger partial charge in [-0.2, -0.15) is 0 Å². The lowest BCUT2D eigenvalue weighted by molar-refractivity contribution is -0.136. The topological polar surface area (TPSA) is 75.2 Å². The summed E-state index contributed by atoms with van der Waals surface area (Å²) >= 11 is 3.41. The highest BCUT2D eigenvalue weighted by Crippen LogP contribution is 2.27. The summed E-state index contributed by atoms with van der Waals surface area (Å²) in [6.45, 7) is 0. The molecular formula is C17H15BrN2O3. The van der Waals surface area contributed by atoms with Gasteiger partial charge in [0.05, 0.1) is 19.0 Å². The Hall–Kier alpha value is -2.34. The van der Waals surface area contributed by atoms with Crippen LogP contribution in [0.3, 0.4) is 0 Å². The van der Waals surface area contributed by atoms with Gasteiger partial charge in [0.25, 0.3) is 0 Å². The third kappa shape index (κ3) is 3.37. The lowest BCUT2D eigenvalue weighted by Crippen LogP contribution is -2.01. The molecule has 3 aromatic rings. The van der Waals surface area contributed by atoms with E-state index in [1.807, 2.05) is 24.3 Å². The quantitative estimate of drug-likeness (QED) is 0.715. The maximum Gasteiger partial charge on any atom is 0.307 e. The van der Waals surface area contributed by atoms with Crippen LogP contribution < -0.4 is 4.74 Å². The Bertz CT molecular complexity index is 856. The standard InChI is InChI=1S/C17H15BrN2O3/c1-23-13-7-4-11(9-15(21)22)16-17(13)20-14(19-16)8-10-2-5-12(18)6-3-10/h2-7H,8-9H2,1H3,(H,19,20)(H,21,22). The molecule has 0 aliphatic carbocycles. The third-order valence-electron chi connectivity index (χ3n) is 3.59. The van der Waals surface area contributed by atoms with Crippen molar-refractivity contribution in [2.24, 2.45) is 0 Å². The van der Waals surface area contributed by atoms with Crippen LogP contribution in [0, 0.1) is 0 Å². The molecule has 0 saturated carbocycles. The van der Waals surface area contributed by atoms with Crippen molar-refractivity contribution in [3.63, 3.8) is 0 Å². The van der Waals surface area contributed by atoms with Crippen LogP contribution in [0.1, 0.15) is 17.0 Å². The summed E-state index contributed by atoms with van der Waals surface area (Å²) in [6.07, 6.45) is 0.570. The number of methoxy groups -OCH3 is 1. The minimum absolute atomic E-state index is 0.0664. The summed E-state index contributed by atoms with van der Waals surface area (Å²) in [4.78, 5) is 18.9. The average Bonchev–Trinajstić information content (AvgIpc) is 2.93. The fourth-order valence-corrected chi connectivity index (χ4v) is 2.79. The molecule has 23 heavy (non-hydrogen) atoms. The number of nitrogens with one attached hydrogen (secondary N) is 1. The molecule has 0 amide bonds. The van der Waals surface area contributed by atoms with E-state index in [2.05, 4.69) is 25.9 Å². The summed E-state index contributed by atoms with van der Waals surface area (Å²) in [5.41, 5.74) is 3.18. The van der Waals surface area contributed by atoms with Crippen molar-refractivity contribution in [1.29, 1.82) is 0 Å². The molecule has 1 aromatic heterocycles. The van der Waals surface area contributed by atoms with Crippen LogP contribution in [0.25, 0.3) is 11.0 Å². The van der Waals surface area contributed by atoms with Gasteiger partial charge in [0.15, 0.2) is 0 Å². The molecule has 0 aliphatic heterocycles. The summed E-state index contributed by atoms with van der Waals surface area (Å²) in [5.74, 6) is 0.552. The number of hydrogen-bond donors (Lipinski definition) is 2. The Morgan fingerprint density at radius 3 is 2.65 bits per heavy atom. The van der Waals surface area contributed by atoms with E-state index in [0.29, 0.717) is 23.3 Å². The van der Waals surface area contributed by atoms with Crippen LogP contribution in [-0.4, -0.2) is 28.2 Å². The number of H-pyrrole nitrogens is 1. The van der Waals surface area contributed by atoms with E-state index < -0.39 is 5.97 Å². The van der Waals surface area contributed by atoms with E-state index in [0.717, 1.165) is 21.4 Å². The van der Waals surface area contributed by atoms with Crippen molar-refractivity contribution in [1.82, 2.24) is 9.97 Å². The van der Waals surface area contributed by atoms with E-state index in [4.69, 9.17) is 9.84 Å². The Morgan fingerprint density at radius 1 is 1.26 bits per heavy atom. The first-order valence-electron chi connectivity index (χ1n) is 7.07. The first kappa shape index (κ1) is 15.6. The molecule has 2 N–H and O–H groups in total. The number of benzene rings is 2. The fraction of sp³-hybridized carbons (Fsp3) is 0.176.